The van der Waals surface area contributed by atoms with Crippen molar-refractivity contribution in [3.05, 3.63) is 74.5 Å². The third-order valence-corrected chi connectivity index (χ3v) is 6.64. The summed E-state index contributed by atoms with van der Waals surface area (Å²) >= 11 is 5.80. The van der Waals surface area contributed by atoms with Crippen LogP contribution in [0, 0.1) is 15.9 Å². The number of rotatable bonds is 5. The maximum absolute atomic E-state index is 13.2. The molecule has 1 aliphatic rings. The van der Waals surface area contributed by atoms with E-state index in [2.05, 4.69) is 0 Å². The van der Waals surface area contributed by atoms with Gasteiger partial charge in [0.25, 0.3) is 11.6 Å². The summed E-state index contributed by atoms with van der Waals surface area (Å²) in [6.45, 7) is 0.0513. The van der Waals surface area contributed by atoms with E-state index < -0.39 is 38.2 Å². The predicted octanol–water partition coefficient (Wildman–Crippen LogP) is 3.22. The summed E-state index contributed by atoms with van der Waals surface area (Å²) in [5.41, 5.74) is 0.235. The minimum atomic E-state index is -3.27. The molecule has 0 spiro atoms. The molecule has 2 aromatic carbocycles. The quantitative estimate of drug-likeness (QED) is 0.540. The monoisotopic (exact) mass is 426 g/mol. The van der Waals surface area contributed by atoms with E-state index in [0.717, 1.165) is 6.07 Å². The lowest BCUT2D eigenvalue weighted by Crippen LogP contribution is -2.40. The molecule has 0 N–H and O–H groups in total. The zero-order valence-corrected chi connectivity index (χ0v) is 16.1. The average molecular weight is 427 g/mol. The van der Waals surface area contributed by atoms with Crippen LogP contribution in [0.2, 0.25) is 5.02 Å². The topological polar surface area (TPSA) is 97.6 Å². The number of hydrogen-bond acceptors (Lipinski definition) is 5. The summed E-state index contributed by atoms with van der Waals surface area (Å²) in [5.74, 6) is -1.20. The van der Waals surface area contributed by atoms with Gasteiger partial charge < -0.3 is 4.90 Å². The van der Waals surface area contributed by atoms with Gasteiger partial charge in [-0.1, -0.05) is 23.7 Å². The highest BCUT2D eigenvalue weighted by molar-refractivity contribution is 7.91. The second kappa shape index (κ2) is 7.84. The molecule has 0 aromatic heterocycles. The molecule has 0 saturated carbocycles. The van der Waals surface area contributed by atoms with E-state index in [9.17, 15) is 27.7 Å². The Balaban J connectivity index is 1.96. The fourth-order valence-electron chi connectivity index (χ4n) is 3.13. The highest BCUT2D eigenvalue weighted by Gasteiger charge is 2.35. The van der Waals surface area contributed by atoms with E-state index in [1.54, 1.807) is 0 Å². The molecule has 2 aromatic rings. The highest BCUT2D eigenvalue weighted by atomic mass is 35.5. The van der Waals surface area contributed by atoms with Gasteiger partial charge in [-0.15, -0.1) is 0 Å². The summed E-state index contributed by atoms with van der Waals surface area (Å²) < 4.78 is 37.0. The van der Waals surface area contributed by atoms with E-state index in [1.807, 2.05) is 0 Å². The molecule has 148 valence electrons. The van der Waals surface area contributed by atoms with Crippen molar-refractivity contribution in [3.63, 3.8) is 0 Å². The molecular formula is C18H16ClFN2O5S. The van der Waals surface area contributed by atoms with Gasteiger partial charge in [-0.25, -0.2) is 12.8 Å². The zero-order chi connectivity index (χ0) is 20.5. The lowest BCUT2D eigenvalue weighted by Gasteiger charge is -2.28. The third kappa shape index (κ3) is 4.48. The molecule has 0 aliphatic carbocycles. The van der Waals surface area contributed by atoms with E-state index >= 15 is 0 Å². The predicted molar refractivity (Wildman–Crippen MR) is 101 cm³/mol. The van der Waals surface area contributed by atoms with Crippen molar-refractivity contribution in [2.45, 2.75) is 19.0 Å². The van der Waals surface area contributed by atoms with Gasteiger partial charge in [0.2, 0.25) is 0 Å². The highest BCUT2D eigenvalue weighted by Crippen LogP contribution is 2.28. The second-order valence-electron chi connectivity index (χ2n) is 6.54. The van der Waals surface area contributed by atoms with E-state index in [1.165, 1.54) is 41.3 Å². The molecule has 28 heavy (non-hydrogen) atoms. The van der Waals surface area contributed by atoms with Gasteiger partial charge in [0.15, 0.2) is 9.84 Å². The number of nitrogens with zero attached hydrogens (tertiary/aromatic N) is 2. The van der Waals surface area contributed by atoms with Gasteiger partial charge in [0, 0.05) is 24.2 Å². The van der Waals surface area contributed by atoms with E-state index in [4.69, 9.17) is 11.6 Å². The molecule has 1 atom stereocenters. The first-order valence-electron chi connectivity index (χ1n) is 8.36. The van der Waals surface area contributed by atoms with Gasteiger partial charge in [-0.2, -0.15) is 0 Å². The molecule has 1 aliphatic heterocycles. The molecule has 0 unspecified atom stereocenters. The normalized spacial score (nSPS) is 18.0. The largest absolute Gasteiger partial charge is 0.330 e. The van der Waals surface area contributed by atoms with Crippen LogP contribution in [0.5, 0.6) is 0 Å². The van der Waals surface area contributed by atoms with Crippen LogP contribution >= 0.6 is 11.6 Å². The van der Waals surface area contributed by atoms with Crippen molar-refractivity contribution in [2.75, 3.05) is 11.5 Å². The SMILES string of the molecule is O=C(c1ccc(Cl)c([N+](=O)[O-])c1)N(Cc1ccc(F)cc1)[C@@H]1CCS(=O)(=O)C1. The number of hydrogen-bond donors (Lipinski definition) is 0. The summed E-state index contributed by atoms with van der Waals surface area (Å²) in [7, 11) is -3.27. The Kier molecular flexibility index (Phi) is 5.66. The van der Waals surface area contributed by atoms with Gasteiger partial charge in [-0.05, 0) is 36.2 Å². The number of sulfone groups is 1. The van der Waals surface area contributed by atoms with Gasteiger partial charge in [0.1, 0.15) is 10.8 Å². The first-order valence-corrected chi connectivity index (χ1v) is 10.6. The smallest absolute Gasteiger partial charge is 0.288 e. The van der Waals surface area contributed by atoms with Crippen LogP contribution in [-0.2, 0) is 16.4 Å². The molecular weight excluding hydrogens is 411 g/mol. The zero-order valence-electron chi connectivity index (χ0n) is 14.5. The second-order valence-corrected chi connectivity index (χ2v) is 9.18. The van der Waals surface area contributed by atoms with E-state index in [-0.39, 0.29) is 35.1 Å². The summed E-state index contributed by atoms with van der Waals surface area (Å²) in [5, 5.41) is 11.0. The first-order chi connectivity index (χ1) is 13.2. The Morgan fingerprint density at radius 1 is 1.25 bits per heavy atom. The fraction of sp³-hybridized carbons (Fsp3) is 0.278. The fourth-order valence-corrected chi connectivity index (χ4v) is 5.04. The molecule has 1 fully saturated rings. The number of nitro benzene ring substituents is 1. The van der Waals surface area contributed by atoms with Gasteiger partial charge in [-0.3, -0.25) is 14.9 Å². The number of carbonyl (C=O) groups excluding carboxylic acids is 1. The molecule has 10 heteroatoms. The number of benzene rings is 2. The number of nitro groups is 1. The number of amides is 1. The van der Waals surface area contributed by atoms with Crippen molar-refractivity contribution in [1.29, 1.82) is 0 Å². The van der Waals surface area contributed by atoms with Crippen molar-refractivity contribution in [1.82, 2.24) is 4.90 Å². The Hall–Kier alpha value is -2.52. The maximum atomic E-state index is 13.2. The number of halogens is 2. The molecule has 1 saturated heterocycles. The lowest BCUT2D eigenvalue weighted by atomic mass is 10.1. The minimum absolute atomic E-state index is 0.0301. The molecule has 0 bridgehead atoms. The summed E-state index contributed by atoms with van der Waals surface area (Å²) in [6.07, 6.45) is 0.269. The van der Waals surface area contributed by atoms with Crippen LogP contribution in [0.25, 0.3) is 0 Å². The van der Waals surface area contributed by atoms with Crippen LogP contribution in [0.15, 0.2) is 42.5 Å². The Labute approximate surface area is 165 Å². The summed E-state index contributed by atoms with van der Waals surface area (Å²) in [4.78, 5) is 24.9. The minimum Gasteiger partial charge on any atom is -0.330 e. The summed E-state index contributed by atoms with van der Waals surface area (Å²) in [6, 6.07) is 8.62. The van der Waals surface area contributed by atoms with Crippen LogP contribution in [0.1, 0.15) is 22.3 Å². The van der Waals surface area contributed by atoms with Crippen LogP contribution in [0.4, 0.5) is 10.1 Å². The van der Waals surface area contributed by atoms with Gasteiger partial charge >= 0.3 is 0 Å². The van der Waals surface area contributed by atoms with E-state index in [0.29, 0.717) is 5.56 Å². The molecule has 7 nitrogen and oxygen atoms in total. The van der Waals surface area contributed by atoms with Crippen molar-refractivity contribution >= 4 is 33.0 Å². The van der Waals surface area contributed by atoms with Crippen molar-refractivity contribution in [3.8, 4) is 0 Å². The average Bonchev–Trinajstić information content (AvgIpc) is 3.00. The molecule has 1 heterocycles. The molecule has 1 amide bonds. The third-order valence-electron chi connectivity index (χ3n) is 4.57. The molecule has 0 radical (unpaired) electrons. The Morgan fingerprint density at radius 2 is 1.93 bits per heavy atom. The van der Waals surface area contributed by atoms with Crippen LogP contribution in [0.3, 0.4) is 0 Å². The number of carbonyl (C=O) groups is 1. The van der Waals surface area contributed by atoms with Crippen LogP contribution in [-0.4, -0.2) is 41.7 Å². The molecule has 3 rings (SSSR count). The van der Waals surface area contributed by atoms with Crippen molar-refractivity contribution < 1.29 is 22.5 Å². The van der Waals surface area contributed by atoms with Gasteiger partial charge in [0.05, 0.1) is 16.4 Å². The van der Waals surface area contributed by atoms with Crippen molar-refractivity contribution in [2.24, 2.45) is 0 Å². The van der Waals surface area contributed by atoms with Crippen LogP contribution < -0.4 is 0 Å². The first kappa shape index (κ1) is 20.2. The Bertz CT molecular complexity index is 1030. The Morgan fingerprint density at radius 3 is 2.50 bits per heavy atom. The lowest BCUT2D eigenvalue weighted by molar-refractivity contribution is -0.384. The maximum Gasteiger partial charge on any atom is 0.288 e. The standard InChI is InChI=1S/C18H16ClFN2O5S/c19-16-6-3-13(9-17(16)22(24)25)18(23)21(15-7-8-28(26,27)11-15)10-12-1-4-14(20)5-2-12/h1-6,9,15H,7-8,10-11H2/t15-/m1/s1.